The molecule has 0 aromatic carbocycles. The molecule has 0 unspecified atom stereocenters. The number of piperidine rings is 1. The lowest BCUT2D eigenvalue weighted by Crippen LogP contribution is -2.37. The van der Waals surface area contributed by atoms with E-state index in [-0.39, 0.29) is 12.6 Å². The van der Waals surface area contributed by atoms with Gasteiger partial charge in [0.25, 0.3) is 0 Å². The van der Waals surface area contributed by atoms with Crippen LogP contribution >= 0.6 is 0 Å². The molecule has 2 heterocycles. The second-order valence-electron chi connectivity index (χ2n) is 5.01. The number of nitrogens with zero attached hydrogens (tertiary/aromatic N) is 2. The van der Waals surface area contributed by atoms with Crippen LogP contribution in [0.25, 0.3) is 0 Å². The Morgan fingerprint density at radius 3 is 2.75 bits per heavy atom. The topological polar surface area (TPSA) is 74.9 Å². The molecule has 20 heavy (non-hydrogen) atoms. The van der Waals surface area contributed by atoms with Crippen molar-refractivity contribution in [1.82, 2.24) is 9.47 Å². The fourth-order valence-corrected chi connectivity index (χ4v) is 2.67. The summed E-state index contributed by atoms with van der Waals surface area (Å²) < 4.78 is 7.14. The lowest BCUT2D eigenvalue weighted by atomic mass is 10.0. The third-order valence-corrected chi connectivity index (χ3v) is 3.74. The molecule has 2 N–H and O–H groups in total. The van der Waals surface area contributed by atoms with E-state index in [1.807, 2.05) is 10.8 Å². The molecule has 1 fully saturated rings. The zero-order chi connectivity index (χ0) is 14.4. The molecule has 0 amide bonds. The van der Waals surface area contributed by atoms with E-state index in [0.717, 1.165) is 32.5 Å². The second kappa shape index (κ2) is 7.42. The zero-order valence-electron chi connectivity index (χ0n) is 11.6. The van der Waals surface area contributed by atoms with Crippen molar-refractivity contribution in [3.8, 4) is 0 Å². The molecule has 112 valence electrons. The Morgan fingerprint density at radius 1 is 1.35 bits per heavy atom. The third-order valence-electron chi connectivity index (χ3n) is 3.74. The van der Waals surface area contributed by atoms with Crippen molar-refractivity contribution in [2.24, 2.45) is 0 Å². The van der Waals surface area contributed by atoms with Gasteiger partial charge in [0.2, 0.25) is 0 Å². The second-order valence-corrected chi connectivity index (χ2v) is 5.01. The minimum atomic E-state index is -0.866. The number of likely N-dealkylation sites (tertiary alicyclic amines) is 1. The van der Waals surface area contributed by atoms with Crippen LogP contribution in [0.15, 0.2) is 18.3 Å². The van der Waals surface area contributed by atoms with E-state index in [9.17, 15) is 4.79 Å². The van der Waals surface area contributed by atoms with Gasteiger partial charge in [0, 0.05) is 31.9 Å². The van der Waals surface area contributed by atoms with Crippen LogP contribution in [0.3, 0.4) is 0 Å². The van der Waals surface area contributed by atoms with Gasteiger partial charge >= 0.3 is 5.97 Å². The maximum absolute atomic E-state index is 11.1. The zero-order valence-corrected chi connectivity index (χ0v) is 11.6. The van der Waals surface area contributed by atoms with Crippen molar-refractivity contribution < 1.29 is 19.7 Å². The molecule has 0 radical (unpaired) electrons. The van der Waals surface area contributed by atoms with E-state index < -0.39 is 5.97 Å². The van der Waals surface area contributed by atoms with Crippen molar-refractivity contribution in [2.75, 3.05) is 39.5 Å². The molecule has 1 aliphatic rings. The summed E-state index contributed by atoms with van der Waals surface area (Å²) in [6.07, 6.45) is 3.76. The van der Waals surface area contributed by atoms with Gasteiger partial charge in [-0.3, -0.25) is 0 Å². The van der Waals surface area contributed by atoms with E-state index in [0.29, 0.717) is 18.9 Å². The average molecular weight is 282 g/mol. The van der Waals surface area contributed by atoms with Gasteiger partial charge in [0.15, 0.2) is 0 Å². The predicted molar refractivity (Wildman–Crippen MR) is 74.0 cm³/mol. The monoisotopic (exact) mass is 282 g/mol. The first-order valence-corrected chi connectivity index (χ1v) is 7.03. The number of hydrogen-bond donors (Lipinski definition) is 2. The number of aliphatic hydroxyl groups is 1. The van der Waals surface area contributed by atoms with Crippen LogP contribution in [-0.2, 0) is 4.74 Å². The molecule has 0 aliphatic carbocycles. The van der Waals surface area contributed by atoms with E-state index in [2.05, 4.69) is 4.90 Å². The number of aliphatic hydroxyl groups excluding tert-OH is 1. The van der Waals surface area contributed by atoms with Gasteiger partial charge in [0.05, 0.1) is 19.8 Å². The Hall–Kier alpha value is -1.37. The first-order chi connectivity index (χ1) is 9.72. The van der Waals surface area contributed by atoms with Crippen molar-refractivity contribution in [2.45, 2.75) is 18.9 Å². The number of carboxylic acid groups (broad SMARTS) is 1. The van der Waals surface area contributed by atoms with Crippen LogP contribution in [0.2, 0.25) is 0 Å². The highest BCUT2D eigenvalue weighted by molar-refractivity contribution is 5.85. The SMILES string of the molecule is O=C(O)c1cccn1C1CCN(CCOCCO)CC1. The quantitative estimate of drug-likeness (QED) is 0.725. The molecule has 6 heteroatoms. The molecule has 1 aliphatic heterocycles. The molecule has 1 aromatic heterocycles. The van der Waals surface area contributed by atoms with E-state index in [4.69, 9.17) is 14.9 Å². The molecule has 0 bridgehead atoms. The normalized spacial score (nSPS) is 17.4. The number of carbonyl (C=O) groups is 1. The summed E-state index contributed by atoms with van der Waals surface area (Å²) in [6, 6.07) is 3.71. The Labute approximate surface area is 118 Å². The summed E-state index contributed by atoms with van der Waals surface area (Å²) in [6.45, 7) is 3.85. The van der Waals surface area contributed by atoms with Gasteiger partial charge in [0.1, 0.15) is 5.69 Å². The maximum atomic E-state index is 11.1. The number of carboxylic acids is 1. The van der Waals surface area contributed by atoms with Crippen LogP contribution < -0.4 is 0 Å². The van der Waals surface area contributed by atoms with Gasteiger partial charge in [-0.25, -0.2) is 4.79 Å². The van der Waals surface area contributed by atoms with Crippen LogP contribution in [0.5, 0.6) is 0 Å². The number of ether oxygens (including phenoxy) is 1. The summed E-state index contributed by atoms with van der Waals surface area (Å²) >= 11 is 0. The molecule has 0 spiro atoms. The Balaban J connectivity index is 1.79. The fourth-order valence-electron chi connectivity index (χ4n) is 2.67. The highest BCUT2D eigenvalue weighted by Gasteiger charge is 2.22. The predicted octanol–water partition coefficient (Wildman–Crippen LogP) is 0.832. The average Bonchev–Trinajstić information content (AvgIpc) is 2.94. The standard InChI is InChI=1S/C14H22N2O4/c17-9-11-20-10-8-15-6-3-12(4-7-15)16-5-1-2-13(16)14(18)19/h1-2,5,12,17H,3-4,6-11H2,(H,18,19). The molecule has 1 aromatic rings. The van der Waals surface area contributed by atoms with E-state index in [1.54, 1.807) is 12.1 Å². The van der Waals surface area contributed by atoms with Gasteiger partial charge < -0.3 is 24.4 Å². The van der Waals surface area contributed by atoms with E-state index in [1.165, 1.54) is 0 Å². The molecule has 1 saturated heterocycles. The summed E-state index contributed by atoms with van der Waals surface area (Å²) in [5, 5.41) is 17.8. The number of aromatic carboxylic acids is 1. The molecule has 0 saturated carbocycles. The Bertz CT molecular complexity index is 425. The lowest BCUT2D eigenvalue weighted by molar-refractivity contribution is 0.0632. The van der Waals surface area contributed by atoms with Crippen LogP contribution in [0.1, 0.15) is 29.4 Å². The van der Waals surface area contributed by atoms with Crippen molar-refractivity contribution in [3.63, 3.8) is 0 Å². The number of rotatable bonds is 7. The fraction of sp³-hybridized carbons (Fsp3) is 0.643. The summed E-state index contributed by atoms with van der Waals surface area (Å²) in [7, 11) is 0. The molecule has 6 nitrogen and oxygen atoms in total. The lowest BCUT2D eigenvalue weighted by Gasteiger charge is -2.33. The minimum absolute atomic E-state index is 0.0632. The smallest absolute Gasteiger partial charge is 0.352 e. The van der Waals surface area contributed by atoms with Crippen molar-refractivity contribution in [1.29, 1.82) is 0 Å². The summed E-state index contributed by atoms with van der Waals surface area (Å²) in [5.41, 5.74) is 0.370. The van der Waals surface area contributed by atoms with Crippen LogP contribution in [0.4, 0.5) is 0 Å². The molecular weight excluding hydrogens is 260 g/mol. The summed E-state index contributed by atoms with van der Waals surface area (Å²) in [4.78, 5) is 13.4. The highest BCUT2D eigenvalue weighted by atomic mass is 16.5. The first-order valence-electron chi connectivity index (χ1n) is 7.03. The van der Waals surface area contributed by atoms with Gasteiger partial charge in [-0.1, -0.05) is 0 Å². The van der Waals surface area contributed by atoms with E-state index >= 15 is 0 Å². The van der Waals surface area contributed by atoms with Crippen molar-refractivity contribution in [3.05, 3.63) is 24.0 Å². The largest absolute Gasteiger partial charge is 0.477 e. The minimum Gasteiger partial charge on any atom is -0.477 e. The van der Waals surface area contributed by atoms with Gasteiger partial charge in [-0.05, 0) is 25.0 Å². The maximum Gasteiger partial charge on any atom is 0.352 e. The van der Waals surface area contributed by atoms with Gasteiger partial charge in [-0.15, -0.1) is 0 Å². The Morgan fingerprint density at radius 2 is 2.10 bits per heavy atom. The van der Waals surface area contributed by atoms with Crippen molar-refractivity contribution >= 4 is 5.97 Å². The molecule has 2 rings (SSSR count). The molecular formula is C14H22N2O4. The van der Waals surface area contributed by atoms with Crippen LogP contribution in [0, 0.1) is 0 Å². The van der Waals surface area contributed by atoms with Crippen LogP contribution in [-0.4, -0.2) is 65.1 Å². The Kier molecular flexibility index (Phi) is 5.58. The number of hydrogen-bond acceptors (Lipinski definition) is 4. The third kappa shape index (κ3) is 3.82. The first kappa shape index (κ1) is 15.0. The van der Waals surface area contributed by atoms with Gasteiger partial charge in [-0.2, -0.15) is 0 Å². The highest BCUT2D eigenvalue weighted by Crippen LogP contribution is 2.24. The summed E-state index contributed by atoms with van der Waals surface area (Å²) in [5.74, 6) is -0.866. The molecule has 0 atom stereocenters. The number of aromatic nitrogens is 1.